The number of pyridine rings is 1. The zero-order chi connectivity index (χ0) is 18.1. The summed E-state index contributed by atoms with van der Waals surface area (Å²) in [6.07, 6.45) is 4.21. The van der Waals surface area contributed by atoms with Gasteiger partial charge in [0.25, 0.3) is 5.91 Å². The number of aromatic nitrogens is 4. The molecule has 1 fully saturated rings. The number of anilines is 2. The maximum absolute atomic E-state index is 13.7. The van der Waals surface area contributed by atoms with E-state index in [0.29, 0.717) is 24.4 Å². The Morgan fingerprint density at radius 2 is 2.15 bits per heavy atom. The Hall–Kier alpha value is -3.10. The predicted octanol–water partition coefficient (Wildman–Crippen LogP) is 2.45. The molecule has 0 aliphatic carbocycles. The number of nitrogens with zero attached hydrogens (tertiary/aromatic N) is 5. The first-order chi connectivity index (χ1) is 12.6. The van der Waals surface area contributed by atoms with E-state index in [2.05, 4.69) is 20.4 Å². The molecular formula is C17H16F2N6O. The minimum absolute atomic E-state index is 0.194. The Bertz CT molecular complexity index is 959. The highest BCUT2D eigenvalue weighted by Crippen LogP contribution is 2.20. The molecule has 134 valence electrons. The van der Waals surface area contributed by atoms with E-state index in [1.54, 1.807) is 12.1 Å². The molecule has 1 aliphatic heterocycles. The Morgan fingerprint density at radius 1 is 1.27 bits per heavy atom. The molecule has 1 aliphatic rings. The standard InChI is InChI=1S/C17H16F2N6O/c18-11-2-1-5-24(10-11)16-4-3-15-21-9-14(25(15)23-16)17(26)22-13-6-12(19)7-20-8-13/h3-4,6-9,11H,1-2,5,10H2,(H,22,26)/t11-/m0/s1. The van der Waals surface area contributed by atoms with Crippen molar-refractivity contribution in [1.82, 2.24) is 19.6 Å². The van der Waals surface area contributed by atoms with E-state index in [1.165, 1.54) is 23.0 Å². The van der Waals surface area contributed by atoms with Crippen LogP contribution in [0.1, 0.15) is 23.3 Å². The topological polar surface area (TPSA) is 75.4 Å². The normalized spacial score (nSPS) is 17.5. The summed E-state index contributed by atoms with van der Waals surface area (Å²) in [6.45, 7) is 0.994. The van der Waals surface area contributed by atoms with Crippen molar-refractivity contribution in [3.05, 3.63) is 48.3 Å². The molecule has 0 unspecified atom stereocenters. The second-order valence-corrected chi connectivity index (χ2v) is 6.14. The average Bonchev–Trinajstić information content (AvgIpc) is 3.05. The van der Waals surface area contributed by atoms with Crippen molar-refractivity contribution in [1.29, 1.82) is 0 Å². The number of nitrogens with one attached hydrogen (secondary N) is 1. The summed E-state index contributed by atoms with van der Waals surface area (Å²) in [5.41, 5.74) is 0.919. The van der Waals surface area contributed by atoms with Gasteiger partial charge in [-0.25, -0.2) is 18.3 Å². The van der Waals surface area contributed by atoms with Gasteiger partial charge in [0.05, 0.1) is 30.8 Å². The van der Waals surface area contributed by atoms with Gasteiger partial charge in [-0.2, -0.15) is 0 Å². The van der Waals surface area contributed by atoms with Gasteiger partial charge >= 0.3 is 0 Å². The zero-order valence-electron chi connectivity index (χ0n) is 13.8. The van der Waals surface area contributed by atoms with Crippen LogP contribution in [0.15, 0.2) is 36.8 Å². The van der Waals surface area contributed by atoms with Crippen LogP contribution in [0.25, 0.3) is 5.65 Å². The molecule has 0 bridgehead atoms. The van der Waals surface area contributed by atoms with E-state index in [4.69, 9.17) is 0 Å². The first kappa shape index (κ1) is 16.4. The molecule has 7 nitrogen and oxygen atoms in total. The number of halogens is 2. The van der Waals surface area contributed by atoms with E-state index in [0.717, 1.165) is 12.6 Å². The first-order valence-corrected chi connectivity index (χ1v) is 8.26. The maximum Gasteiger partial charge on any atom is 0.276 e. The number of rotatable bonds is 3. The van der Waals surface area contributed by atoms with Crippen molar-refractivity contribution in [3.63, 3.8) is 0 Å². The predicted molar refractivity (Wildman–Crippen MR) is 91.5 cm³/mol. The van der Waals surface area contributed by atoms with E-state index >= 15 is 0 Å². The third-order valence-corrected chi connectivity index (χ3v) is 4.23. The van der Waals surface area contributed by atoms with Crippen molar-refractivity contribution < 1.29 is 13.6 Å². The van der Waals surface area contributed by atoms with Gasteiger partial charge in [-0.1, -0.05) is 0 Å². The smallest absolute Gasteiger partial charge is 0.276 e. The number of hydrogen-bond acceptors (Lipinski definition) is 5. The quantitative estimate of drug-likeness (QED) is 0.778. The lowest BCUT2D eigenvalue weighted by atomic mass is 10.1. The summed E-state index contributed by atoms with van der Waals surface area (Å²) in [6, 6.07) is 4.66. The van der Waals surface area contributed by atoms with Gasteiger partial charge in [-0.15, -0.1) is 5.10 Å². The summed E-state index contributed by atoms with van der Waals surface area (Å²) < 4.78 is 28.3. The fourth-order valence-corrected chi connectivity index (χ4v) is 3.00. The molecule has 0 radical (unpaired) electrons. The van der Waals surface area contributed by atoms with Crippen LogP contribution in [0, 0.1) is 5.82 Å². The lowest BCUT2D eigenvalue weighted by Gasteiger charge is -2.29. The molecule has 26 heavy (non-hydrogen) atoms. The number of imidazole rings is 1. The molecule has 0 saturated carbocycles. The average molecular weight is 358 g/mol. The van der Waals surface area contributed by atoms with Crippen molar-refractivity contribution in [2.75, 3.05) is 23.3 Å². The number of alkyl halides is 1. The molecule has 3 aromatic heterocycles. The second kappa shape index (κ2) is 6.66. The van der Waals surface area contributed by atoms with E-state index in [1.807, 2.05) is 4.90 Å². The molecule has 4 heterocycles. The molecule has 9 heteroatoms. The lowest BCUT2D eigenvalue weighted by molar-refractivity contribution is 0.102. The largest absolute Gasteiger partial charge is 0.352 e. The molecule has 1 N–H and O–H groups in total. The Balaban J connectivity index is 1.63. The zero-order valence-corrected chi connectivity index (χ0v) is 13.8. The molecule has 3 aromatic rings. The minimum atomic E-state index is -0.882. The Kier molecular flexibility index (Phi) is 4.19. The monoisotopic (exact) mass is 358 g/mol. The summed E-state index contributed by atoms with van der Waals surface area (Å²) in [4.78, 5) is 22.2. The highest BCUT2D eigenvalue weighted by Gasteiger charge is 2.21. The van der Waals surface area contributed by atoms with Gasteiger partial charge < -0.3 is 10.2 Å². The molecule has 1 amide bonds. The van der Waals surface area contributed by atoms with E-state index < -0.39 is 17.9 Å². The SMILES string of the molecule is O=C(Nc1cncc(F)c1)c1cnc2ccc(N3CCC[C@H](F)C3)nn12. The van der Waals surface area contributed by atoms with Gasteiger partial charge in [0.2, 0.25) is 0 Å². The van der Waals surface area contributed by atoms with Gasteiger partial charge in [-0.3, -0.25) is 9.78 Å². The summed E-state index contributed by atoms with van der Waals surface area (Å²) in [5.74, 6) is -0.455. The van der Waals surface area contributed by atoms with Crippen LogP contribution in [0.4, 0.5) is 20.3 Å². The van der Waals surface area contributed by atoms with Crippen molar-refractivity contribution in [3.8, 4) is 0 Å². The Morgan fingerprint density at radius 3 is 2.96 bits per heavy atom. The van der Waals surface area contributed by atoms with Crippen LogP contribution in [0.3, 0.4) is 0 Å². The number of carbonyl (C=O) groups is 1. The molecule has 1 saturated heterocycles. The number of hydrogen-bond donors (Lipinski definition) is 1. The van der Waals surface area contributed by atoms with Crippen molar-refractivity contribution in [2.24, 2.45) is 0 Å². The molecular weight excluding hydrogens is 342 g/mol. The summed E-state index contributed by atoms with van der Waals surface area (Å²) >= 11 is 0. The first-order valence-electron chi connectivity index (χ1n) is 8.26. The molecule has 0 aromatic carbocycles. The van der Waals surface area contributed by atoms with Crippen LogP contribution in [0.2, 0.25) is 0 Å². The molecule has 0 spiro atoms. The van der Waals surface area contributed by atoms with Gasteiger partial charge in [0, 0.05) is 12.6 Å². The van der Waals surface area contributed by atoms with Crippen molar-refractivity contribution >= 4 is 23.1 Å². The van der Waals surface area contributed by atoms with Gasteiger partial charge in [-0.05, 0) is 25.0 Å². The molecule has 4 rings (SSSR count). The fraction of sp³-hybridized carbons (Fsp3) is 0.294. The van der Waals surface area contributed by atoms with E-state index in [-0.39, 0.29) is 17.9 Å². The Labute approximate surface area is 147 Å². The van der Waals surface area contributed by atoms with Crippen LogP contribution >= 0.6 is 0 Å². The third-order valence-electron chi connectivity index (χ3n) is 4.23. The van der Waals surface area contributed by atoms with Crippen LogP contribution < -0.4 is 10.2 Å². The van der Waals surface area contributed by atoms with Crippen LogP contribution in [0.5, 0.6) is 0 Å². The number of amides is 1. The summed E-state index contributed by atoms with van der Waals surface area (Å²) in [7, 11) is 0. The van der Waals surface area contributed by atoms with E-state index in [9.17, 15) is 13.6 Å². The van der Waals surface area contributed by atoms with Gasteiger partial charge in [0.1, 0.15) is 17.8 Å². The number of carbonyl (C=O) groups excluding carboxylic acids is 1. The highest BCUT2D eigenvalue weighted by atomic mass is 19.1. The third kappa shape index (κ3) is 3.19. The van der Waals surface area contributed by atoms with Crippen LogP contribution in [-0.2, 0) is 0 Å². The summed E-state index contributed by atoms with van der Waals surface area (Å²) in [5, 5.41) is 7.00. The van der Waals surface area contributed by atoms with Gasteiger partial charge in [0.15, 0.2) is 11.3 Å². The minimum Gasteiger partial charge on any atom is -0.352 e. The number of fused-ring (bicyclic) bond motifs is 1. The molecule has 1 atom stereocenters. The maximum atomic E-state index is 13.7. The number of piperidine rings is 1. The lowest BCUT2D eigenvalue weighted by Crippen LogP contribution is -2.37. The fourth-order valence-electron chi connectivity index (χ4n) is 3.00. The van der Waals surface area contributed by atoms with Crippen LogP contribution in [-0.4, -0.2) is 44.8 Å². The highest BCUT2D eigenvalue weighted by molar-refractivity contribution is 6.03. The van der Waals surface area contributed by atoms with Crippen molar-refractivity contribution in [2.45, 2.75) is 19.0 Å². The second-order valence-electron chi connectivity index (χ2n) is 6.14.